The van der Waals surface area contributed by atoms with E-state index in [9.17, 15) is 4.79 Å². The molecular formula is C15H20O. The predicted molar refractivity (Wildman–Crippen MR) is 69.3 cm³/mol. The van der Waals surface area contributed by atoms with Gasteiger partial charge in [-0.05, 0) is 50.7 Å². The molecule has 1 nitrogen and oxygen atoms in total. The van der Waals surface area contributed by atoms with Gasteiger partial charge in [0.1, 0.15) is 0 Å². The summed E-state index contributed by atoms with van der Waals surface area (Å²) < 4.78 is 0. The molecule has 0 aromatic rings. The molecule has 0 fully saturated rings. The van der Waals surface area contributed by atoms with Crippen LogP contribution >= 0.6 is 0 Å². The molecule has 0 atom stereocenters. The van der Waals surface area contributed by atoms with Gasteiger partial charge in [-0.15, -0.1) is 0 Å². The number of carbonyl (C=O) groups is 1. The second-order valence-corrected chi connectivity index (χ2v) is 3.89. The minimum atomic E-state index is 0.0900. The van der Waals surface area contributed by atoms with Crippen LogP contribution in [0.3, 0.4) is 0 Å². The molecule has 1 rings (SSSR count). The van der Waals surface area contributed by atoms with Crippen LogP contribution in [-0.2, 0) is 4.79 Å². The zero-order chi connectivity index (χ0) is 11.5. The van der Waals surface area contributed by atoms with Gasteiger partial charge < -0.3 is 0 Å². The van der Waals surface area contributed by atoms with Crippen LogP contribution in [0.15, 0.2) is 48.6 Å². The van der Waals surface area contributed by atoms with Gasteiger partial charge in [-0.25, -0.2) is 0 Å². The lowest BCUT2D eigenvalue weighted by Gasteiger charge is -1.90. The largest absolute Gasteiger partial charge is 0.290 e. The first-order valence-corrected chi connectivity index (χ1v) is 6.06. The Bertz CT molecular complexity index is 305. The van der Waals surface area contributed by atoms with Gasteiger partial charge in [0.05, 0.1) is 0 Å². The molecule has 0 heterocycles. The lowest BCUT2D eigenvalue weighted by atomic mass is 10.2. The summed E-state index contributed by atoms with van der Waals surface area (Å²) >= 11 is 0. The van der Waals surface area contributed by atoms with E-state index < -0.39 is 0 Å². The van der Waals surface area contributed by atoms with E-state index in [0.29, 0.717) is 0 Å². The van der Waals surface area contributed by atoms with Gasteiger partial charge in [-0.2, -0.15) is 0 Å². The Morgan fingerprint density at radius 1 is 0.688 bits per heavy atom. The number of ketones is 1. The Labute approximate surface area is 98.2 Å². The first-order chi connectivity index (χ1) is 7.89. The second kappa shape index (κ2) is 8.90. The summed E-state index contributed by atoms with van der Waals surface area (Å²) in [7, 11) is 0. The first kappa shape index (κ1) is 12.7. The van der Waals surface area contributed by atoms with Gasteiger partial charge in [0.2, 0.25) is 0 Å². The van der Waals surface area contributed by atoms with Crippen molar-refractivity contribution < 1.29 is 4.79 Å². The van der Waals surface area contributed by atoms with Crippen molar-refractivity contribution in [2.24, 2.45) is 0 Å². The zero-order valence-corrected chi connectivity index (χ0v) is 9.77. The van der Waals surface area contributed by atoms with E-state index in [0.717, 1.165) is 32.1 Å². The molecule has 0 N–H and O–H groups in total. The molecule has 0 unspecified atom stereocenters. The van der Waals surface area contributed by atoms with Gasteiger partial charge >= 0.3 is 0 Å². The van der Waals surface area contributed by atoms with Crippen molar-refractivity contribution in [1.82, 2.24) is 0 Å². The molecule has 0 saturated heterocycles. The highest BCUT2D eigenvalue weighted by Gasteiger charge is 1.87. The molecule has 0 amide bonds. The summed E-state index contributed by atoms with van der Waals surface area (Å²) in [5.74, 6) is 0.0900. The molecule has 0 saturated carbocycles. The summed E-state index contributed by atoms with van der Waals surface area (Å²) in [5, 5.41) is 0. The molecule has 0 aliphatic heterocycles. The lowest BCUT2D eigenvalue weighted by Crippen LogP contribution is -1.84. The van der Waals surface area contributed by atoms with Gasteiger partial charge in [-0.3, -0.25) is 4.79 Å². The summed E-state index contributed by atoms with van der Waals surface area (Å²) in [4.78, 5) is 11.3. The predicted octanol–water partition coefficient (Wildman–Crippen LogP) is 4.13. The summed E-state index contributed by atoms with van der Waals surface area (Å²) in [6.07, 6.45) is 22.3. The summed E-state index contributed by atoms with van der Waals surface area (Å²) in [5.41, 5.74) is 0. The number of carbonyl (C=O) groups excluding carboxylic acids is 1. The fraction of sp³-hybridized carbons (Fsp3) is 0.400. The third kappa shape index (κ3) is 6.99. The van der Waals surface area contributed by atoms with Crippen LogP contribution in [0.4, 0.5) is 0 Å². The molecule has 1 heteroatoms. The quantitative estimate of drug-likeness (QED) is 0.556. The third-order valence-electron chi connectivity index (χ3n) is 2.41. The van der Waals surface area contributed by atoms with Crippen LogP contribution in [0.1, 0.15) is 38.5 Å². The molecular weight excluding hydrogens is 196 g/mol. The van der Waals surface area contributed by atoms with E-state index in [-0.39, 0.29) is 5.78 Å². The highest BCUT2D eigenvalue weighted by molar-refractivity contribution is 5.99. The van der Waals surface area contributed by atoms with Gasteiger partial charge in [0.25, 0.3) is 0 Å². The van der Waals surface area contributed by atoms with Crippen molar-refractivity contribution in [3.8, 4) is 0 Å². The third-order valence-corrected chi connectivity index (χ3v) is 2.41. The highest BCUT2D eigenvalue weighted by atomic mass is 16.1. The molecule has 1 aliphatic rings. The molecule has 16 heavy (non-hydrogen) atoms. The number of allylic oxidation sites excluding steroid dienone is 8. The number of hydrogen-bond acceptors (Lipinski definition) is 1. The van der Waals surface area contributed by atoms with Crippen molar-refractivity contribution >= 4 is 5.78 Å². The minimum Gasteiger partial charge on any atom is -0.290 e. The van der Waals surface area contributed by atoms with Crippen LogP contribution < -0.4 is 0 Å². The Morgan fingerprint density at radius 3 is 2.19 bits per heavy atom. The second-order valence-electron chi connectivity index (χ2n) is 3.89. The van der Waals surface area contributed by atoms with E-state index in [4.69, 9.17) is 0 Å². The van der Waals surface area contributed by atoms with Crippen molar-refractivity contribution in [2.45, 2.75) is 38.5 Å². The molecule has 86 valence electrons. The molecule has 0 radical (unpaired) electrons. The zero-order valence-electron chi connectivity index (χ0n) is 9.77. The molecule has 0 aromatic carbocycles. The summed E-state index contributed by atoms with van der Waals surface area (Å²) in [6.45, 7) is 0. The average molecular weight is 216 g/mol. The van der Waals surface area contributed by atoms with E-state index in [2.05, 4.69) is 24.3 Å². The summed E-state index contributed by atoms with van der Waals surface area (Å²) in [6, 6.07) is 0. The molecule has 0 spiro atoms. The molecule has 0 bridgehead atoms. The maximum atomic E-state index is 11.3. The smallest absolute Gasteiger partial charge is 0.178 e. The number of rotatable bonds is 0. The van der Waals surface area contributed by atoms with E-state index in [1.54, 1.807) is 12.2 Å². The topological polar surface area (TPSA) is 17.1 Å². The minimum absolute atomic E-state index is 0.0900. The molecule has 1 aliphatic carbocycles. The normalized spacial score (nSPS) is 25.4. The van der Waals surface area contributed by atoms with Crippen molar-refractivity contribution in [3.63, 3.8) is 0 Å². The Hall–Kier alpha value is -1.37. The SMILES string of the molecule is O=C1C=CCC/C=C/CCC/C=C/C/C=C/1. The van der Waals surface area contributed by atoms with Crippen LogP contribution in [0.25, 0.3) is 0 Å². The Kier molecular flexibility index (Phi) is 7.06. The Morgan fingerprint density at radius 2 is 1.31 bits per heavy atom. The van der Waals surface area contributed by atoms with Crippen molar-refractivity contribution in [3.05, 3.63) is 48.6 Å². The van der Waals surface area contributed by atoms with Gasteiger partial charge in [-0.1, -0.05) is 36.5 Å². The van der Waals surface area contributed by atoms with Crippen molar-refractivity contribution in [2.75, 3.05) is 0 Å². The maximum absolute atomic E-state index is 11.3. The Balaban J connectivity index is 2.46. The van der Waals surface area contributed by atoms with Crippen LogP contribution in [-0.4, -0.2) is 5.78 Å². The van der Waals surface area contributed by atoms with Crippen molar-refractivity contribution in [1.29, 1.82) is 0 Å². The standard InChI is InChI=1S/C15H20O/c16-15-13-11-9-7-5-3-1-2-4-6-8-10-12-14-15/h3,5-6,8,11-14H,1-2,4,7,9-10H2/b5-3+,8-6+,13-11?,14-12+. The fourth-order valence-electron chi connectivity index (χ4n) is 1.51. The van der Waals surface area contributed by atoms with E-state index in [1.165, 1.54) is 6.42 Å². The van der Waals surface area contributed by atoms with E-state index in [1.807, 2.05) is 12.2 Å². The molecule has 0 aromatic heterocycles. The van der Waals surface area contributed by atoms with Gasteiger partial charge in [0, 0.05) is 0 Å². The first-order valence-electron chi connectivity index (χ1n) is 6.06. The highest BCUT2D eigenvalue weighted by Crippen LogP contribution is 2.02. The maximum Gasteiger partial charge on any atom is 0.178 e. The van der Waals surface area contributed by atoms with Gasteiger partial charge in [0.15, 0.2) is 5.78 Å². The van der Waals surface area contributed by atoms with Crippen LogP contribution in [0, 0.1) is 0 Å². The monoisotopic (exact) mass is 216 g/mol. The fourth-order valence-corrected chi connectivity index (χ4v) is 1.51. The lowest BCUT2D eigenvalue weighted by molar-refractivity contribution is -0.110. The average Bonchev–Trinajstić information content (AvgIpc) is 2.29. The van der Waals surface area contributed by atoms with Crippen LogP contribution in [0.2, 0.25) is 0 Å². The number of hydrogen-bond donors (Lipinski definition) is 0. The van der Waals surface area contributed by atoms with Crippen LogP contribution in [0.5, 0.6) is 0 Å². The van der Waals surface area contributed by atoms with E-state index >= 15 is 0 Å².